The van der Waals surface area contributed by atoms with Crippen LogP contribution in [0.2, 0.25) is 0 Å². The Morgan fingerprint density at radius 2 is 1.93 bits per heavy atom. The zero-order valence-electron chi connectivity index (χ0n) is 14.4. The maximum atomic E-state index is 13.9. The van der Waals surface area contributed by atoms with Crippen LogP contribution in [0.5, 0.6) is 0 Å². The Morgan fingerprint density at radius 1 is 1.19 bits per heavy atom. The fourth-order valence-electron chi connectivity index (χ4n) is 2.74. The van der Waals surface area contributed by atoms with Crippen molar-refractivity contribution in [3.63, 3.8) is 0 Å². The van der Waals surface area contributed by atoms with E-state index in [0.29, 0.717) is 25.2 Å². The van der Waals surface area contributed by atoms with Gasteiger partial charge in [0.15, 0.2) is 5.69 Å². The summed E-state index contributed by atoms with van der Waals surface area (Å²) in [7, 11) is 0. The van der Waals surface area contributed by atoms with Gasteiger partial charge in [-0.3, -0.25) is 30.2 Å². The van der Waals surface area contributed by atoms with E-state index in [1.54, 1.807) is 6.07 Å². The number of hydrazine groups is 1. The molecule has 144 valence electrons. The van der Waals surface area contributed by atoms with E-state index in [2.05, 4.69) is 47.1 Å². The van der Waals surface area contributed by atoms with Crippen LogP contribution in [0.4, 0.5) is 4.39 Å². The second-order valence-corrected chi connectivity index (χ2v) is 7.06. The van der Waals surface area contributed by atoms with Crippen molar-refractivity contribution in [2.24, 2.45) is 0 Å². The Morgan fingerprint density at radius 3 is 2.59 bits per heavy atom. The Kier molecular flexibility index (Phi) is 6.48. The predicted molar refractivity (Wildman–Crippen MR) is 97.8 cm³/mol. The first-order valence-electron chi connectivity index (χ1n) is 8.35. The molecular weight excluding hydrogens is 421 g/mol. The fraction of sp³-hybridized carbons (Fsp3) is 0.375. The molecule has 0 spiro atoms. The molecule has 1 fully saturated rings. The minimum atomic E-state index is -0.543. The highest BCUT2D eigenvalue weighted by molar-refractivity contribution is 9.10. The summed E-state index contributed by atoms with van der Waals surface area (Å²) >= 11 is 3.25. The molecule has 1 aromatic carbocycles. The Labute approximate surface area is 163 Å². The van der Waals surface area contributed by atoms with Crippen molar-refractivity contribution in [1.82, 2.24) is 36.1 Å². The first-order valence-corrected chi connectivity index (χ1v) is 9.14. The number of aromatic amines is 1. The van der Waals surface area contributed by atoms with E-state index in [-0.39, 0.29) is 24.0 Å². The van der Waals surface area contributed by atoms with Crippen molar-refractivity contribution in [3.05, 3.63) is 45.9 Å². The molecule has 2 aromatic rings. The van der Waals surface area contributed by atoms with Crippen LogP contribution in [0.15, 0.2) is 28.9 Å². The molecule has 1 aliphatic rings. The monoisotopic (exact) mass is 439 g/mol. The van der Waals surface area contributed by atoms with Gasteiger partial charge in [0.2, 0.25) is 0 Å². The van der Waals surface area contributed by atoms with Gasteiger partial charge in [-0.1, -0.05) is 22.0 Å². The van der Waals surface area contributed by atoms with Gasteiger partial charge in [0.1, 0.15) is 5.82 Å². The largest absolute Gasteiger partial charge is 0.296 e. The summed E-state index contributed by atoms with van der Waals surface area (Å²) in [6.07, 6.45) is 1.26. The number of rotatable bonds is 5. The highest BCUT2D eigenvalue weighted by Gasteiger charge is 2.20. The maximum Gasteiger partial charge on any atom is 0.291 e. The molecule has 1 aromatic heterocycles. The molecule has 3 N–H and O–H groups in total. The molecule has 0 bridgehead atoms. The Hall–Kier alpha value is -2.37. The Balaban J connectivity index is 1.38. The van der Waals surface area contributed by atoms with E-state index in [9.17, 15) is 14.0 Å². The number of hydrogen-bond donors (Lipinski definition) is 3. The average Bonchev–Trinajstić information content (AvgIpc) is 3.18. The minimum absolute atomic E-state index is 0.0871. The number of halogens is 2. The van der Waals surface area contributed by atoms with Gasteiger partial charge in [-0.15, -0.1) is 0 Å². The van der Waals surface area contributed by atoms with E-state index in [1.165, 1.54) is 12.3 Å². The summed E-state index contributed by atoms with van der Waals surface area (Å²) in [5, 5.41) is 9.46. The number of piperazine rings is 1. The van der Waals surface area contributed by atoms with Gasteiger partial charge in [0, 0.05) is 42.8 Å². The van der Waals surface area contributed by atoms with E-state index >= 15 is 0 Å². The summed E-state index contributed by atoms with van der Waals surface area (Å²) in [5.41, 5.74) is 5.38. The molecule has 0 aliphatic carbocycles. The van der Waals surface area contributed by atoms with E-state index < -0.39 is 5.91 Å². The lowest BCUT2D eigenvalue weighted by Gasteiger charge is -2.34. The number of amides is 2. The van der Waals surface area contributed by atoms with Crippen molar-refractivity contribution in [2.75, 3.05) is 32.7 Å². The second-order valence-electron chi connectivity index (χ2n) is 6.15. The number of hydrogen-bond acceptors (Lipinski definition) is 6. The number of nitrogens with one attached hydrogen (secondary N) is 3. The van der Waals surface area contributed by atoms with E-state index in [0.717, 1.165) is 17.6 Å². The predicted octanol–water partition coefficient (Wildman–Crippen LogP) is 0.285. The fourth-order valence-corrected chi connectivity index (χ4v) is 3.07. The van der Waals surface area contributed by atoms with Crippen LogP contribution in [0, 0.1) is 5.82 Å². The van der Waals surface area contributed by atoms with Gasteiger partial charge in [0.25, 0.3) is 11.8 Å². The summed E-state index contributed by atoms with van der Waals surface area (Å²) in [6, 6.07) is 5.06. The van der Waals surface area contributed by atoms with Crippen molar-refractivity contribution in [2.45, 2.75) is 6.54 Å². The van der Waals surface area contributed by atoms with Crippen LogP contribution in [0.25, 0.3) is 0 Å². The molecule has 1 saturated heterocycles. The number of nitrogens with zero attached hydrogens (tertiary/aromatic N) is 4. The minimum Gasteiger partial charge on any atom is -0.296 e. The van der Waals surface area contributed by atoms with E-state index in [4.69, 9.17) is 0 Å². The van der Waals surface area contributed by atoms with Crippen molar-refractivity contribution in [1.29, 1.82) is 0 Å². The van der Waals surface area contributed by atoms with Gasteiger partial charge >= 0.3 is 0 Å². The molecule has 27 heavy (non-hydrogen) atoms. The number of aromatic nitrogens is 3. The van der Waals surface area contributed by atoms with Gasteiger partial charge in [-0.25, -0.2) is 4.39 Å². The maximum absolute atomic E-state index is 13.9. The van der Waals surface area contributed by atoms with Crippen molar-refractivity contribution >= 4 is 27.7 Å². The molecule has 3 rings (SSSR count). The lowest BCUT2D eigenvalue weighted by molar-refractivity contribution is -0.123. The smallest absolute Gasteiger partial charge is 0.291 e. The number of carbonyl (C=O) groups excluding carboxylic acids is 2. The normalized spacial score (nSPS) is 15.5. The third-order valence-electron chi connectivity index (χ3n) is 4.20. The van der Waals surface area contributed by atoms with Gasteiger partial charge < -0.3 is 0 Å². The third kappa shape index (κ3) is 5.55. The molecule has 0 saturated carbocycles. The lowest BCUT2D eigenvalue weighted by atomic mass is 10.2. The second kappa shape index (κ2) is 9.02. The number of benzene rings is 1. The molecule has 0 radical (unpaired) electrons. The molecule has 2 amide bonds. The van der Waals surface area contributed by atoms with Gasteiger partial charge in [-0.2, -0.15) is 15.4 Å². The molecule has 0 atom stereocenters. The zero-order chi connectivity index (χ0) is 19.2. The van der Waals surface area contributed by atoms with Gasteiger partial charge in [0.05, 0.1) is 12.7 Å². The first-order chi connectivity index (χ1) is 13.0. The van der Waals surface area contributed by atoms with Crippen LogP contribution in [-0.2, 0) is 11.3 Å². The quantitative estimate of drug-likeness (QED) is 0.578. The molecular formula is C16H19BrFN7O2. The molecule has 9 nitrogen and oxygen atoms in total. The molecule has 11 heteroatoms. The van der Waals surface area contributed by atoms with E-state index in [1.807, 2.05) is 11.0 Å². The van der Waals surface area contributed by atoms with Crippen LogP contribution >= 0.6 is 15.9 Å². The summed E-state index contributed by atoms with van der Waals surface area (Å²) < 4.78 is 14.7. The first kappa shape index (κ1) is 19.4. The Bertz CT molecular complexity index is 794. The number of H-pyrrole nitrogens is 1. The topological polar surface area (TPSA) is 106 Å². The summed E-state index contributed by atoms with van der Waals surface area (Å²) in [6.45, 7) is 3.53. The molecule has 2 heterocycles. The van der Waals surface area contributed by atoms with Crippen molar-refractivity contribution < 1.29 is 14.0 Å². The summed E-state index contributed by atoms with van der Waals surface area (Å²) in [5.74, 6) is -1.09. The van der Waals surface area contributed by atoms with Crippen molar-refractivity contribution in [3.8, 4) is 0 Å². The molecule has 1 aliphatic heterocycles. The van der Waals surface area contributed by atoms with Crippen LogP contribution < -0.4 is 10.9 Å². The lowest BCUT2D eigenvalue weighted by Crippen LogP contribution is -2.51. The molecule has 0 unspecified atom stereocenters. The highest BCUT2D eigenvalue weighted by Crippen LogP contribution is 2.17. The van der Waals surface area contributed by atoms with Gasteiger partial charge in [-0.05, 0) is 12.1 Å². The average molecular weight is 440 g/mol. The van der Waals surface area contributed by atoms with Crippen LogP contribution in [-0.4, -0.2) is 69.7 Å². The summed E-state index contributed by atoms with van der Waals surface area (Å²) in [4.78, 5) is 27.7. The number of carbonyl (C=O) groups is 2. The highest BCUT2D eigenvalue weighted by atomic mass is 79.9. The van der Waals surface area contributed by atoms with Crippen LogP contribution in [0.3, 0.4) is 0 Å². The third-order valence-corrected chi connectivity index (χ3v) is 4.70. The standard InChI is InChI=1S/C16H19BrFN7O2/c17-12-2-1-11(13(18)7-12)9-24-3-5-25(6-4-24)10-15(26)21-22-16(27)14-8-19-23-20-14/h1-2,7-8H,3-6,9-10H2,(H,21,26)(H,22,27)(H,19,20,23). The zero-order valence-corrected chi connectivity index (χ0v) is 16.0. The van der Waals surface area contributed by atoms with Crippen LogP contribution in [0.1, 0.15) is 16.1 Å². The SMILES string of the molecule is O=C(CN1CCN(Cc2ccc(Br)cc2F)CC1)NNC(=O)c1cn[nH]n1.